The maximum absolute atomic E-state index is 5.42. The predicted molar refractivity (Wildman–Crippen MR) is 225 cm³/mol. The molecule has 5 heteroatoms. The number of para-hydroxylation sites is 1. The molecule has 0 saturated heterocycles. The van der Waals surface area contributed by atoms with E-state index in [2.05, 4.69) is 138 Å². The summed E-state index contributed by atoms with van der Waals surface area (Å²) in [5.74, 6) is 1.92. The fraction of sp³-hybridized carbons (Fsp3) is 0. The van der Waals surface area contributed by atoms with Crippen molar-refractivity contribution < 1.29 is 0 Å². The fourth-order valence-electron chi connectivity index (χ4n) is 7.39. The summed E-state index contributed by atoms with van der Waals surface area (Å²) in [6.07, 6.45) is 0. The minimum atomic E-state index is 0.631. The van der Waals surface area contributed by atoms with Crippen molar-refractivity contribution in [3.63, 3.8) is 0 Å². The van der Waals surface area contributed by atoms with Gasteiger partial charge in [0.05, 0.1) is 11.2 Å². The molecular formula is C50H33N5. The van der Waals surface area contributed by atoms with Crippen molar-refractivity contribution in [1.82, 2.24) is 24.7 Å². The number of aromatic nitrogens is 5. The molecule has 258 valence electrons. The molecule has 0 radical (unpaired) electrons. The second-order valence-electron chi connectivity index (χ2n) is 13.5. The molecule has 0 aliphatic heterocycles. The Balaban J connectivity index is 1.10. The van der Waals surface area contributed by atoms with Crippen molar-refractivity contribution in [2.24, 2.45) is 0 Å². The molecule has 0 amide bonds. The van der Waals surface area contributed by atoms with Gasteiger partial charge < -0.3 is 0 Å². The number of benzene rings is 8. The van der Waals surface area contributed by atoms with Crippen LogP contribution in [0.1, 0.15) is 0 Å². The van der Waals surface area contributed by atoms with E-state index >= 15 is 0 Å². The van der Waals surface area contributed by atoms with Gasteiger partial charge in [0.2, 0.25) is 0 Å². The van der Waals surface area contributed by atoms with Crippen molar-refractivity contribution in [2.75, 3.05) is 0 Å². The Morgan fingerprint density at radius 3 is 1.44 bits per heavy atom. The third-order valence-corrected chi connectivity index (χ3v) is 10.1. The van der Waals surface area contributed by atoms with Crippen LogP contribution in [0.25, 0.3) is 95.0 Å². The van der Waals surface area contributed by atoms with Gasteiger partial charge >= 0.3 is 0 Å². The lowest BCUT2D eigenvalue weighted by atomic mass is 9.93. The molecule has 0 N–H and O–H groups in total. The van der Waals surface area contributed by atoms with E-state index in [1.54, 1.807) is 0 Å². The van der Waals surface area contributed by atoms with Crippen LogP contribution in [0.2, 0.25) is 0 Å². The van der Waals surface area contributed by atoms with Gasteiger partial charge in [0.1, 0.15) is 5.69 Å². The first-order valence-corrected chi connectivity index (χ1v) is 18.4. The van der Waals surface area contributed by atoms with Crippen LogP contribution in [-0.4, -0.2) is 24.7 Å². The molecule has 10 aromatic rings. The minimum absolute atomic E-state index is 0.631. The molecule has 10 rings (SSSR count). The highest BCUT2D eigenvalue weighted by molar-refractivity contribution is 6.17. The van der Waals surface area contributed by atoms with E-state index in [1.165, 1.54) is 5.39 Å². The monoisotopic (exact) mass is 703 g/mol. The number of hydrogen-bond acceptors (Lipinski definition) is 4. The van der Waals surface area contributed by atoms with Crippen LogP contribution in [0.4, 0.5) is 0 Å². The first-order valence-electron chi connectivity index (χ1n) is 18.4. The van der Waals surface area contributed by atoms with Crippen LogP contribution < -0.4 is 0 Å². The summed E-state index contributed by atoms with van der Waals surface area (Å²) >= 11 is 0. The second-order valence-corrected chi connectivity index (χ2v) is 13.5. The van der Waals surface area contributed by atoms with Crippen LogP contribution >= 0.6 is 0 Å². The molecule has 0 aliphatic rings. The van der Waals surface area contributed by atoms with E-state index < -0.39 is 0 Å². The smallest absolute Gasteiger partial charge is 0.164 e. The van der Waals surface area contributed by atoms with Crippen LogP contribution in [0.15, 0.2) is 200 Å². The second kappa shape index (κ2) is 13.8. The van der Waals surface area contributed by atoms with Gasteiger partial charge in [0, 0.05) is 33.0 Å². The summed E-state index contributed by atoms with van der Waals surface area (Å²) in [7, 11) is 0. The zero-order valence-electron chi connectivity index (χ0n) is 29.8. The predicted octanol–water partition coefficient (Wildman–Crippen LogP) is 12.4. The lowest BCUT2D eigenvalue weighted by Gasteiger charge is -2.11. The lowest BCUT2D eigenvalue weighted by Crippen LogP contribution is -2.00. The van der Waals surface area contributed by atoms with E-state index in [1.807, 2.05) is 66.7 Å². The van der Waals surface area contributed by atoms with Gasteiger partial charge in [-0.05, 0) is 51.9 Å². The van der Waals surface area contributed by atoms with Gasteiger partial charge in [0.15, 0.2) is 17.5 Å². The number of hydrogen-bond donors (Lipinski definition) is 0. The summed E-state index contributed by atoms with van der Waals surface area (Å²) in [4.78, 5) is 14.7. The highest BCUT2D eigenvalue weighted by atomic mass is 15.3. The highest BCUT2D eigenvalue weighted by Gasteiger charge is 2.21. The first kappa shape index (κ1) is 32.2. The minimum Gasteiger partial charge on any atom is -0.232 e. The molecule has 0 aliphatic carbocycles. The summed E-state index contributed by atoms with van der Waals surface area (Å²) in [5.41, 5.74) is 11.4. The number of nitrogens with zero attached hydrogens (tertiary/aromatic N) is 5. The van der Waals surface area contributed by atoms with E-state index in [0.29, 0.717) is 17.5 Å². The van der Waals surface area contributed by atoms with Crippen LogP contribution in [0.3, 0.4) is 0 Å². The summed E-state index contributed by atoms with van der Waals surface area (Å²) in [5, 5.41) is 8.88. The number of fused-ring (bicyclic) bond motifs is 3. The van der Waals surface area contributed by atoms with E-state index in [9.17, 15) is 0 Å². The van der Waals surface area contributed by atoms with Crippen molar-refractivity contribution in [3.05, 3.63) is 200 Å². The molecule has 0 atom stereocenters. The Kier molecular flexibility index (Phi) is 8.08. The van der Waals surface area contributed by atoms with Crippen LogP contribution in [0, 0.1) is 0 Å². The molecule has 55 heavy (non-hydrogen) atoms. The molecule has 0 unspecified atom stereocenters. The molecule has 0 bridgehead atoms. The normalized spacial score (nSPS) is 11.3. The molecule has 8 aromatic carbocycles. The van der Waals surface area contributed by atoms with Gasteiger partial charge in [-0.15, -0.1) is 0 Å². The molecule has 0 fully saturated rings. The SMILES string of the molecule is c1ccc(-c2nc(-c3ccccc3)nc(-c3ccc(-c4cccc(-c5nn(-c6ccccc6)c6c5c(-c5ccccc5)cc5ccccc56)c4)cc3)n2)cc1. The Hall–Kier alpha value is -7.50. The van der Waals surface area contributed by atoms with Crippen molar-refractivity contribution in [3.8, 4) is 73.4 Å². The van der Waals surface area contributed by atoms with Crippen LogP contribution in [-0.2, 0) is 0 Å². The fourth-order valence-corrected chi connectivity index (χ4v) is 7.39. The van der Waals surface area contributed by atoms with Gasteiger partial charge in [-0.3, -0.25) is 0 Å². The largest absolute Gasteiger partial charge is 0.232 e. The maximum atomic E-state index is 5.42. The summed E-state index contributed by atoms with van der Waals surface area (Å²) in [6, 6.07) is 69.3. The van der Waals surface area contributed by atoms with Gasteiger partial charge in [-0.25, -0.2) is 19.6 Å². The maximum Gasteiger partial charge on any atom is 0.164 e. The third kappa shape index (κ3) is 6.04. The lowest BCUT2D eigenvalue weighted by molar-refractivity contribution is 0.918. The number of rotatable bonds is 7. The summed E-state index contributed by atoms with van der Waals surface area (Å²) < 4.78 is 2.11. The quantitative estimate of drug-likeness (QED) is 0.166. The molecular weight excluding hydrogens is 671 g/mol. The average Bonchev–Trinajstić information content (AvgIpc) is 3.69. The molecule has 0 spiro atoms. The van der Waals surface area contributed by atoms with E-state index in [-0.39, 0.29) is 0 Å². The third-order valence-electron chi connectivity index (χ3n) is 10.1. The van der Waals surface area contributed by atoms with Crippen molar-refractivity contribution in [2.45, 2.75) is 0 Å². The Labute approximate surface area is 318 Å². The molecule has 0 saturated carbocycles. The first-order chi connectivity index (χ1) is 27.3. The van der Waals surface area contributed by atoms with E-state index in [0.717, 1.165) is 72.2 Å². The summed E-state index contributed by atoms with van der Waals surface area (Å²) in [6.45, 7) is 0. The van der Waals surface area contributed by atoms with Gasteiger partial charge in [0.25, 0.3) is 0 Å². The molecule has 5 nitrogen and oxygen atoms in total. The van der Waals surface area contributed by atoms with Crippen molar-refractivity contribution in [1.29, 1.82) is 0 Å². The van der Waals surface area contributed by atoms with Crippen molar-refractivity contribution >= 4 is 21.7 Å². The highest BCUT2D eigenvalue weighted by Crippen LogP contribution is 2.42. The zero-order chi connectivity index (χ0) is 36.6. The van der Waals surface area contributed by atoms with Crippen LogP contribution in [0.5, 0.6) is 0 Å². The standard InChI is InChI=1S/C50H33N5/c1-5-16-35(17-6-1)44-33-40-22-13-14-27-43(40)47-45(44)46(54-55(47)42-25-11-4-12-26-42)41-24-15-23-39(32-41)34-28-30-38(31-29-34)50-52-48(36-18-7-2-8-19-36)51-49(53-50)37-20-9-3-10-21-37/h1-33H. The van der Waals surface area contributed by atoms with Gasteiger partial charge in [-0.2, -0.15) is 5.10 Å². The average molecular weight is 704 g/mol. The zero-order valence-corrected chi connectivity index (χ0v) is 29.8. The molecule has 2 aromatic heterocycles. The Morgan fingerprint density at radius 2 is 0.818 bits per heavy atom. The Morgan fingerprint density at radius 1 is 0.345 bits per heavy atom. The topological polar surface area (TPSA) is 56.5 Å². The Bertz CT molecular complexity index is 2880. The molecule has 2 heterocycles. The van der Waals surface area contributed by atoms with Gasteiger partial charge in [-0.1, -0.05) is 176 Å². The van der Waals surface area contributed by atoms with E-state index in [4.69, 9.17) is 20.1 Å².